The van der Waals surface area contributed by atoms with Crippen LogP contribution in [0.1, 0.15) is 10.4 Å². The minimum absolute atomic E-state index is 0.238. The number of nitrogens with zero attached hydrogens (tertiary/aromatic N) is 2. The van der Waals surface area contributed by atoms with E-state index in [9.17, 15) is 4.79 Å². The standard InChI is InChI=1S/C18H15N3O3/c1-24-15-8-4-12(5-9-15)17-19-11-10-16(21-17)20-14-6-2-13(3-7-14)18(22)23/h2-11H,1H3,(H,22,23)(H,19,20,21). The highest BCUT2D eigenvalue weighted by Gasteiger charge is 2.05. The predicted molar refractivity (Wildman–Crippen MR) is 90.7 cm³/mol. The van der Waals surface area contributed by atoms with E-state index in [4.69, 9.17) is 9.84 Å². The minimum atomic E-state index is -0.953. The number of carboxylic acid groups (broad SMARTS) is 1. The molecule has 1 heterocycles. The molecule has 0 unspecified atom stereocenters. The highest BCUT2D eigenvalue weighted by Crippen LogP contribution is 2.21. The van der Waals surface area contributed by atoms with Gasteiger partial charge in [-0.05, 0) is 54.6 Å². The van der Waals surface area contributed by atoms with E-state index >= 15 is 0 Å². The van der Waals surface area contributed by atoms with Crippen molar-refractivity contribution in [1.82, 2.24) is 9.97 Å². The van der Waals surface area contributed by atoms with Crippen molar-refractivity contribution in [2.45, 2.75) is 0 Å². The van der Waals surface area contributed by atoms with Crippen LogP contribution in [0.4, 0.5) is 11.5 Å². The number of rotatable bonds is 5. The number of aromatic carboxylic acids is 1. The lowest BCUT2D eigenvalue weighted by molar-refractivity contribution is 0.0697. The van der Waals surface area contributed by atoms with Crippen LogP contribution in [-0.4, -0.2) is 28.2 Å². The molecule has 6 heteroatoms. The first-order valence-corrected chi connectivity index (χ1v) is 7.23. The maximum Gasteiger partial charge on any atom is 0.335 e. The minimum Gasteiger partial charge on any atom is -0.497 e. The molecule has 0 saturated carbocycles. The number of ether oxygens (including phenoxy) is 1. The van der Waals surface area contributed by atoms with E-state index in [1.54, 1.807) is 31.5 Å². The quantitative estimate of drug-likeness (QED) is 0.747. The van der Waals surface area contributed by atoms with Gasteiger partial charge >= 0.3 is 5.97 Å². The lowest BCUT2D eigenvalue weighted by atomic mass is 10.2. The normalized spacial score (nSPS) is 10.2. The zero-order valence-electron chi connectivity index (χ0n) is 12.9. The SMILES string of the molecule is COc1ccc(-c2nccc(Nc3ccc(C(=O)O)cc3)n2)cc1. The molecular formula is C18H15N3O3. The third kappa shape index (κ3) is 3.49. The van der Waals surface area contributed by atoms with Crippen LogP contribution in [0.5, 0.6) is 5.75 Å². The van der Waals surface area contributed by atoms with Crippen molar-refractivity contribution in [1.29, 1.82) is 0 Å². The van der Waals surface area contributed by atoms with Gasteiger partial charge in [0.1, 0.15) is 11.6 Å². The molecule has 0 fully saturated rings. The summed E-state index contributed by atoms with van der Waals surface area (Å²) in [4.78, 5) is 19.6. The molecule has 0 saturated heterocycles. The van der Waals surface area contributed by atoms with Crippen LogP contribution in [0, 0.1) is 0 Å². The number of hydrogen-bond acceptors (Lipinski definition) is 5. The number of nitrogens with one attached hydrogen (secondary N) is 1. The monoisotopic (exact) mass is 321 g/mol. The van der Waals surface area contributed by atoms with Gasteiger partial charge < -0.3 is 15.2 Å². The number of hydrogen-bond donors (Lipinski definition) is 2. The first-order valence-electron chi connectivity index (χ1n) is 7.23. The Hall–Kier alpha value is -3.41. The molecule has 0 amide bonds. The maximum atomic E-state index is 10.9. The first-order chi connectivity index (χ1) is 11.7. The Bertz CT molecular complexity index is 846. The molecule has 120 valence electrons. The topological polar surface area (TPSA) is 84.3 Å². The van der Waals surface area contributed by atoms with Gasteiger partial charge in [-0.25, -0.2) is 14.8 Å². The molecular weight excluding hydrogens is 306 g/mol. The number of aromatic nitrogens is 2. The van der Waals surface area contributed by atoms with E-state index in [-0.39, 0.29) is 5.56 Å². The molecule has 2 N–H and O–H groups in total. The van der Waals surface area contributed by atoms with Crippen molar-refractivity contribution >= 4 is 17.5 Å². The van der Waals surface area contributed by atoms with Gasteiger partial charge in [0, 0.05) is 17.4 Å². The first kappa shape index (κ1) is 15.5. The molecule has 0 bridgehead atoms. The van der Waals surface area contributed by atoms with Crippen LogP contribution < -0.4 is 10.1 Å². The maximum absolute atomic E-state index is 10.9. The Kier molecular flexibility index (Phi) is 4.38. The van der Waals surface area contributed by atoms with E-state index in [1.165, 1.54) is 12.1 Å². The van der Waals surface area contributed by atoms with Crippen LogP contribution in [0.3, 0.4) is 0 Å². The lowest BCUT2D eigenvalue weighted by Gasteiger charge is -2.08. The Morgan fingerprint density at radius 2 is 1.75 bits per heavy atom. The predicted octanol–water partition coefficient (Wildman–Crippen LogP) is 3.59. The van der Waals surface area contributed by atoms with Crippen molar-refractivity contribution in [3.63, 3.8) is 0 Å². The molecule has 0 atom stereocenters. The molecule has 2 aromatic carbocycles. The molecule has 0 aliphatic heterocycles. The van der Waals surface area contributed by atoms with Crippen molar-refractivity contribution in [3.8, 4) is 17.1 Å². The van der Waals surface area contributed by atoms with E-state index in [0.717, 1.165) is 17.0 Å². The molecule has 3 rings (SSSR count). The van der Waals surface area contributed by atoms with E-state index in [1.807, 2.05) is 24.3 Å². The Morgan fingerprint density at radius 3 is 2.38 bits per heavy atom. The summed E-state index contributed by atoms with van der Waals surface area (Å²) in [5.74, 6) is 1.03. The molecule has 1 aromatic heterocycles. The fourth-order valence-corrected chi connectivity index (χ4v) is 2.15. The van der Waals surface area contributed by atoms with Gasteiger partial charge in [0.2, 0.25) is 0 Å². The summed E-state index contributed by atoms with van der Waals surface area (Å²) in [6.45, 7) is 0. The Labute approximate surface area is 138 Å². The molecule has 0 aliphatic carbocycles. The molecule has 0 spiro atoms. The summed E-state index contributed by atoms with van der Waals surface area (Å²) in [5.41, 5.74) is 1.86. The molecule has 0 radical (unpaired) electrons. The Morgan fingerprint density at radius 1 is 1.04 bits per heavy atom. The third-order valence-corrected chi connectivity index (χ3v) is 3.41. The van der Waals surface area contributed by atoms with Crippen LogP contribution in [0.15, 0.2) is 60.8 Å². The van der Waals surface area contributed by atoms with Gasteiger partial charge in [-0.15, -0.1) is 0 Å². The van der Waals surface area contributed by atoms with Crippen LogP contribution >= 0.6 is 0 Å². The van der Waals surface area contributed by atoms with Crippen molar-refractivity contribution < 1.29 is 14.6 Å². The summed E-state index contributed by atoms with van der Waals surface area (Å²) in [6.07, 6.45) is 1.67. The van der Waals surface area contributed by atoms with E-state index in [0.29, 0.717) is 11.6 Å². The third-order valence-electron chi connectivity index (χ3n) is 3.41. The second-order valence-electron chi connectivity index (χ2n) is 5.00. The fourth-order valence-electron chi connectivity index (χ4n) is 2.15. The van der Waals surface area contributed by atoms with Gasteiger partial charge in [0.05, 0.1) is 12.7 Å². The van der Waals surface area contributed by atoms with Crippen LogP contribution in [-0.2, 0) is 0 Å². The van der Waals surface area contributed by atoms with Crippen molar-refractivity contribution in [2.24, 2.45) is 0 Å². The van der Waals surface area contributed by atoms with Gasteiger partial charge in [-0.2, -0.15) is 0 Å². The number of carbonyl (C=O) groups is 1. The van der Waals surface area contributed by atoms with Crippen LogP contribution in [0.25, 0.3) is 11.4 Å². The largest absolute Gasteiger partial charge is 0.497 e. The fraction of sp³-hybridized carbons (Fsp3) is 0.0556. The Balaban J connectivity index is 1.80. The second kappa shape index (κ2) is 6.78. The van der Waals surface area contributed by atoms with Gasteiger partial charge in [0.15, 0.2) is 5.82 Å². The molecule has 6 nitrogen and oxygen atoms in total. The zero-order valence-corrected chi connectivity index (χ0v) is 12.9. The molecule has 24 heavy (non-hydrogen) atoms. The summed E-state index contributed by atoms with van der Waals surface area (Å²) in [6, 6.07) is 15.7. The summed E-state index contributed by atoms with van der Waals surface area (Å²) in [7, 11) is 1.62. The molecule has 0 aliphatic rings. The zero-order chi connectivity index (χ0) is 16.9. The van der Waals surface area contributed by atoms with Crippen molar-refractivity contribution in [2.75, 3.05) is 12.4 Å². The number of anilines is 2. The van der Waals surface area contributed by atoms with Crippen molar-refractivity contribution in [3.05, 3.63) is 66.4 Å². The number of carboxylic acids is 1. The van der Waals surface area contributed by atoms with Crippen LogP contribution in [0.2, 0.25) is 0 Å². The number of methoxy groups -OCH3 is 1. The van der Waals surface area contributed by atoms with E-state index in [2.05, 4.69) is 15.3 Å². The van der Waals surface area contributed by atoms with Gasteiger partial charge in [-0.1, -0.05) is 0 Å². The average Bonchev–Trinajstić information content (AvgIpc) is 2.62. The lowest BCUT2D eigenvalue weighted by Crippen LogP contribution is -1.99. The summed E-state index contributed by atoms with van der Waals surface area (Å²) < 4.78 is 5.14. The van der Waals surface area contributed by atoms with E-state index < -0.39 is 5.97 Å². The highest BCUT2D eigenvalue weighted by molar-refractivity contribution is 5.88. The van der Waals surface area contributed by atoms with Gasteiger partial charge in [0.25, 0.3) is 0 Å². The summed E-state index contributed by atoms with van der Waals surface area (Å²) >= 11 is 0. The highest BCUT2D eigenvalue weighted by atomic mass is 16.5. The van der Waals surface area contributed by atoms with Gasteiger partial charge in [-0.3, -0.25) is 0 Å². The smallest absolute Gasteiger partial charge is 0.335 e. The second-order valence-corrected chi connectivity index (χ2v) is 5.00. The number of benzene rings is 2. The summed E-state index contributed by atoms with van der Waals surface area (Å²) in [5, 5.41) is 12.0. The molecule has 3 aromatic rings. The average molecular weight is 321 g/mol.